The molecule has 3 fully saturated rings. The van der Waals surface area contributed by atoms with E-state index in [1.54, 1.807) is 0 Å². The van der Waals surface area contributed by atoms with Crippen molar-refractivity contribution in [1.82, 2.24) is 14.7 Å². The van der Waals surface area contributed by atoms with Crippen molar-refractivity contribution in [2.75, 3.05) is 78.8 Å². The number of hydrogen-bond acceptors (Lipinski definition) is 6. The van der Waals surface area contributed by atoms with Crippen LogP contribution in [-0.4, -0.2) is 111 Å². The molecular formula is C17H33N3O3. The van der Waals surface area contributed by atoms with Crippen LogP contribution in [0.25, 0.3) is 0 Å². The largest absolute Gasteiger partial charge is 0.395 e. The van der Waals surface area contributed by atoms with Gasteiger partial charge in [-0.3, -0.25) is 9.80 Å². The van der Waals surface area contributed by atoms with Crippen molar-refractivity contribution in [3.63, 3.8) is 0 Å². The van der Waals surface area contributed by atoms with E-state index in [9.17, 15) is 0 Å². The number of ether oxygens (including phenoxy) is 2. The normalized spacial score (nSPS) is 29.9. The van der Waals surface area contributed by atoms with Crippen LogP contribution in [0.4, 0.5) is 0 Å². The van der Waals surface area contributed by atoms with Crippen LogP contribution in [0.15, 0.2) is 0 Å². The number of nitrogens with zero attached hydrogens (tertiary/aromatic N) is 3. The molecule has 1 N–H and O–H groups in total. The summed E-state index contributed by atoms with van der Waals surface area (Å²) in [7, 11) is 0. The summed E-state index contributed by atoms with van der Waals surface area (Å²) in [6, 6.07) is 0.761. The fraction of sp³-hybridized carbons (Fsp3) is 1.00. The van der Waals surface area contributed by atoms with Gasteiger partial charge in [0.15, 0.2) is 0 Å². The van der Waals surface area contributed by atoms with Gasteiger partial charge in [0, 0.05) is 45.3 Å². The zero-order valence-electron chi connectivity index (χ0n) is 14.4. The number of aliphatic hydroxyl groups excluding tert-OH is 1. The third kappa shape index (κ3) is 5.37. The number of hydrogen-bond donors (Lipinski definition) is 1. The van der Waals surface area contributed by atoms with Crippen molar-refractivity contribution >= 4 is 0 Å². The van der Waals surface area contributed by atoms with E-state index in [1.807, 2.05) is 0 Å². The van der Waals surface area contributed by atoms with Gasteiger partial charge in [-0.15, -0.1) is 0 Å². The van der Waals surface area contributed by atoms with Gasteiger partial charge in [0.1, 0.15) is 0 Å². The Kier molecular flexibility index (Phi) is 7.11. The molecule has 3 aliphatic rings. The Morgan fingerprint density at radius 1 is 0.870 bits per heavy atom. The van der Waals surface area contributed by atoms with Gasteiger partial charge in [0.2, 0.25) is 0 Å². The minimum absolute atomic E-state index is 0.286. The number of piperidine rings is 1. The van der Waals surface area contributed by atoms with Crippen molar-refractivity contribution < 1.29 is 14.6 Å². The molecule has 0 amide bonds. The molecule has 0 radical (unpaired) electrons. The second-order valence-electron chi connectivity index (χ2n) is 7.03. The Labute approximate surface area is 140 Å². The second kappa shape index (κ2) is 9.30. The van der Waals surface area contributed by atoms with Gasteiger partial charge in [0.25, 0.3) is 0 Å². The number of rotatable bonds is 6. The molecule has 6 nitrogen and oxygen atoms in total. The molecule has 0 saturated carbocycles. The summed E-state index contributed by atoms with van der Waals surface area (Å²) in [5.74, 6) is 0. The van der Waals surface area contributed by atoms with Crippen LogP contribution in [0, 0.1) is 0 Å². The van der Waals surface area contributed by atoms with E-state index in [1.165, 1.54) is 25.9 Å². The molecule has 0 spiro atoms. The molecule has 1 unspecified atom stereocenters. The Hall–Kier alpha value is -0.240. The number of aliphatic hydroxyl groups is 1. The van der Waals surface area contributed by atoms with Crippen LogP contribution in [0.2, 0.25) is 0 Å². The summed E-state index contributed by atoms with van der Waals surface area (Å²) < 4.78 is 11.2. The highest BCUT2D eigenvalue weighted by atomic mass is 16.6. The average Bonchev–Trinajstić information content (AvgIpc) is 2.62. The lowest BCUT2D eigenvalue weighted by molar-refractivity contribution is -0.0933. The first-order chi connectivity index (χ1) is 11.3. The molecule has 23 heavy (non-hydrogen) atoms. The summed E-state index contributed by atoms with van der Waals surface area (Å²) in [6.07, 6.45) is 4.00. The van der Waals surface area contributed by atoms with E-state index < -0.39 is 0 Å². The maximum Gasteiger partial charge on any atom is 0.0821 e. The highest BCUT2D eigenvalue weighted by molar-refractivity contribution is 4.83. The lowest BCUT2D eigenvalue weighted by Gasteiger charge is -2.43. The summed E-state index contributed by atoms with van der Waals surface area (Å²) in [6.45, 7) is 11.5. The maximum absolute atomic E-state index is 9.03. The summed E-state index contributed by atoms with van der Waals surface area (Å²) in [5.41, 5.74) is 0. The Morgan fingerprint density at radius 2 is 1.61 bits per heavy atom. The van der Waals surface area contributed by atoms with E-state index in [4.69, 9.17) is 14.6 Å². The zero-order valence-corrected chi connectivity index (χ0v) is 14.4. The average molecular weight is 327 g/mol. The van der Waals surface area contributed by atoms with Crippen molar-refractivity contribution in [2.24, 2.45) is 0 Å². The number of β-amino-alcohol motifs (C(OH)–C–C–N with tert-alkyl or cyclic N) is 1. The van der Waals surface area contributed by atoms with Crippen LogP contribution < -0.4 is 0 Å². The predicted octanol–water partition coefficient (Wildman–Crippen LogP) is -0.134. The number of likely N-dealkylation sites (tertiary alicyclic amines) is 1. The van der Waals surface area contributed by atoms with Crippen molar-refractivity contribution in [2.45, 2.75) is 31.4 Å². The third-order valence-corrected chi connectivity index (χ3v) is 5.55. The molecule has 0 aromatic carbocycles. The van der Waals surface area contributed by atoms with Crippen LogP contribution in [-0.2, 0) is 9.47 Å². The Morgan fingerprint density at radius 3 is 2.26 bits per heavy atom. The summed E-state index contributed by atoms with van der Waals surface area (Å²) >= 11 is 0. The molecule has 3 aliphatic heterocycles. The SMILES string of the molecule is OCCN1CCN(C2CCN(CCC3COCCO3)CC2)CC1. The summed E-state index contributed by atoms with van der Waals surface area (Å²) in [5, 5.41) is 9.03. The van der Waals surface area contributed by atoms with Gasteiger partial charge < -0.3 is 19.5 Å². The Bertz CT molecular complexity index is 323. The van der Waals surface area contributed by atoms with Crippen LogP contribution in [0.3, 0.4) is 0 Å². The van der Waals surface area contributed by atoms with Gasteiger partial charge >= 0.3 is 0 Å². The van der Waals surface area contributed by atoms with Crippen molar-refractivity contribution in [1.29, 1.82) is 0 Å². The topological polar surface area (TPSA) is 48.4 Å². The van der Waals surface area contributed by atoms with Gasteiger partial charge in [-0.25, -0.2) is 0 Å². The molecule has 3 heterocycles. The Balaban J connectivity index is 1.31. The van der Waals surface area contributed by atoms with E-state index >= 15 is 0 Å². The first kappa shape index (κ1) is 17.6. The summed E-state index contributed by atoms with van der Waals surface area (Å²) in [4.78, 5) is 7.64. The van der Waals surface area contributed by atoms with E-state index in [0.29, 0.717) is 6.10 Å². The van der Waals surface area contributed by atoms with E-state index in [2.05, 4.69) is 14.7 Å². The molecule has 3 rings (SSSR count). The molecule has 0 aliphatic carbocycles. The fourth-order valence-corrected chi connectivity index (χ4v) is 4.03. The molecule has 0 aromatic heterocycles. The predicted molar refractivity (Wildman–Crippen MR) is 89.7 cm³/mol. The number of piperazine rings is 1. The molecule has 1 atom stereocenters. The van der Waals surface area contributed by atoms with Crippen LogP contribution in [0.5, 0.6) is 0 Å². The highest BCUT2D eigenvalue weighted by Gasteiger charge is 2.27. The lowest BCUT2D eigenvalue weighted by Crippen LogP contribution is -2.53. The third-order valence-electron chi connectivity index (χ3n) is 5.55. The van der Waals surface area contributed by atoms with Gasteiger partial charge in [0.05, 0.1) is 32.5 Å². The molecule has 3 saturated heterocycles. The van der Waals surface area contributed by atoms with E-state index in [-0.39, 0.29) is 6.61 Å². The lowest BCUT2D eigenvalue weighted by atomic mass is 10.0. The van der Waals surface area contributed by atoms with Crippen LogP contribution in [0.1, 0.15) is 19.3 Å². The van der Waals surface area contributed by atoms with Gasteiger partial charge in [-0.2, -0.15) is 0 Å². The highest BCUT2D eigenvalue weighted by Crippen LogP contribution is 2.19. The maximum atomic E-state index is 9.03. The van der Waals surface area contributed by atoms with Crippen molar-refractivity contribution in [3.05, 3.63) is 0 Å². The standard InChI is InChI=1S/C17H33N3O3/c21-12-11-19-7-9-20(10-8-19)16-1-4-18(5-2-16)6-3-17-15-22-13-14-23-17/h16-17,21H,1-15H2. The zero-order chi connectivity index (χ0) is 15.9. The van der Waals surface area contributed by atoms with Gasteiger partial charge in [-0.1, -0.05) is 0 Å². The first-order valence-corrected chi connectivity index (χ1v) is 9.34. The molecule has 0 aromatic rings. The van der Waals surface area contributed by atoms with Gasteiger partial charge in [-0.05, 0) is 32.4 Å². The molecule has 0 bridgehead atoms. The van der Waals surface area contributed by atoms with Crippen LogP contribution >= 0.6 is 0 Å². The minimum Gasteiger partial charge on any atom is -0.395 e. The monoisotopic (exact) mass is 327 g/mol. The second-order valence-corrected chi connectivity index (χ2v) is 7.03. The molecule has 6 heteroatoms. The minimum atomic E-state index is 0.286. The quantitative estimate of drug-likeness (QED) is 0.733. The fourth-order valence-electron chi connectivity index (χ4n) is 4.03. The molecular weight excluding hydrogens is 294 g/mol. The smallest absolute Gasteiger partial charge is 0.0821 e. The first-order valence-electron chi connectivity index (χ1n) is 9.34. The molecule has 134 valence electrons. The van der Waals surface area contributed by atoms with Crippen molar-refractivity contribution in [3.8, 4) is 0 Å². The van der Waals surface area contributed by atoms with E-state index in [0.717, 1.165) is 71.6 Å².